The largest absolute Gasteiger partial charge is 0.481 e. The van der Waals surface area contributed by atoms with Gasteiger partial charge in [0.15, 0.2) is 0 Å². The molecule has 0 aromatic carbocycles. The Hall–Kier alpha value is -1.64. The van der Waals surface area contributed by atoms with Crippen molar-refractivity contribution in [2.75, 3.05) is 7.11 Å². The molecular formula is C13H17NO2. The number of rotatable bonds is 6. The molecule has 0 aliphatic heterocycles. The van der Waals surface area contributed by atoms with Crippen molar-refractivity contribution in [2.45, 2.75) is 26.2 Å². The molecule has 0 spiro atoms. The van der Waals surface area contributed by atoms with E-state index in [-0.39, 0.29) is 5.78 Å². The molecule has 0 saturated heterocycles. The first-order valence-corrected chi connectivity index (χ1v) is 5.27. The molecule has 3 nitrogen and oxygen atoms in total. The van der Waals surface area contributed by atoms with E-state index in [0.717, 1.165) is 17.6 Å². The van der Waals surface area contributed by atoms with Crippen LogP contribution >= 0.6 is 0 Å². The third-order valence-corrected chi connectivity index (χ3v) is 2.24. The first-order chi connectivity index (χ1) is 7.61. The van der Waals surface area contributed by atoms with E-state index in [4.69, 9.17) is 4.74 Å². The Bertz CT molecular complexity index is 368. The second-order valence-corrected chi connectivity index (χ2v) is 3.88. The highest BCUT2D eigenvalue weighted by atomic mass is 16.5. The van der Waals surface area contributed by atoms with E-state index < -0.39 is 0 Å². The number of carbonyl (C=O) groups excluding carboxylic acids is 1. The zero-order valence-electron chi connectivity index (χ0n) is 9.82. The van der Waals surface area contributed by atoms with Crippen LogP contribution in [0.3, 0.4) is 0 Å². The Balaban J connectivity index is 2.46. The molecule has 0 saturated carbocycles. The van der Waals surface area contributed by atoms with E-state index in [1.54, 1.807) is 19.4 Å². The van der Waals surface area contributed by atoms with E-state index in [9.17, 15) is 4.79 Å². The molecule has 0 aliphatic carbocycles. The van der Waals surface area contributed by atoms with Crippen LogP contribution in [0.1, 0.15) is 25.3 Å². The molecule has 0 fully saturated rings. The first kappa shape index (κ1) is 12.4. The normalized spacial score (nSPS) is 9.88. The summed E-state index contributed by atoms with van der Waals surface area (Å²) < 4.78 is 4.95. The SMILES string of the molecule is C=C(C)CCC(=O)Cc1ccc(OC)nc1. The lowest BCUT2D eigenvalue weighted by molar-refractivity contribution is -0.118. The number of nitrogens with zero attached hydrogens (tertiary/aromatic N) is 1. The number of hydrogen-bond donors (Lipinski definition) is 0. The summed E-state index contributed by atoms with van der Waals surface area (Å²) in [7, 11) is 1.57. The smallest absolute Gasteiger partial charge is 0.212 e. The summed E-state index contributed by atoms with van der Waals surface area (Å²) in [6.45, 7) is 5.71. The van der Waals surface area contributed by atoms with Gasteiger partial charge < -0.3 is 4.74 Å². The number of methoxy groups -OCH3 is 1. The zero-order valence-corrected chi connectivity index (χ0v) is 9.82. The molecule has 0 unspecified atom stereocenters. The number of aromatic nitrogens is 1. The maximum atomic E-state index is 11.6. The van der Waals surface area contributed by atoms with Crippen molar-refractivity contribution in [1.29, 1.82) is 0 Å². The summed E-state index contributed by atoms with van der Waals surface area (Å²) in [6.07, 6.45) is 3.44. The van der Waals surface area contributed by atoms with Crippen LogP contribution in [0.5, 0.6) is 5.88 Å². The minimum atomic E-state index is 0.218. The first-order valence-electron chi connectivity index (χ1n) is 5.27. The van der Waals surface area contributed by atoms with Crippen LogP contribution < -0.4 is 4.74 Å². The Kier molecular flexibility index (Phi) is 4.70. The quantitative estimate of drug-likeness (QED) is 0.690. The molecule has 3 heteroatoms. The summed E-state index contributed by atoms with van der Waals surface area (Å²) >= 11 is 0. The monoisotopic (exact) mass is 219 g/mol. The number of pyridine rings is 1. The number of ether oxygens (including phenoxy) is 1. The maximum absolute atomic E-state index is 11.6. The van der Waals surface area contributed by atoms with E-state index in [0.29, 0.717) is 18.7 Å². The van der Waals surface area contributed by atoms with Gasteiger partial charge >= 0.3 is 0 Å². The molecule has 1 rings (SSSR count). The summed E-state index contributed by atoms with van der Waals surface area (Å²) in [5.41, 5.74) is 1.97. The van der Waals surface area contributed by atoms with Gasteiger partial charge in [-0.1, -0.05) is 11.6 Å². The minimum absolute atomic E-state index is 0.218. The van der Waals surface area contributed by atoms with Crippen LogP contribution in [0, 0.1) is 0 Å². The Labute approximate surface area is 96.2 Å². The van der Waals surface area contributed by atoms with E-state index >= 15 is 0 Å². The van der Waals surface area contributed by atoms with Crippen molar-refractivity contribution in [3.63, 3.8) is 0 Å². The third-order valence-electron chi connectivity index (χ3n) is 2.24. The Morgan fingerprint density at radius 2 is 2.19 bits per heavy atom. The van der Waals surface area contributed by atoms with Gasteiger partial charge in [0.2, 0.25) is 5.88 Å². The van der Waals surface area contributed by atoms with Gasteiger partial charge in [-0.15, -0.1) is 6.58 Å². The van der Waals surface area contributed by atoms with Crippen molar-refractivity contribution in [3.8, 4) is 5.88 Å². The average Bonchev–Trinajstić information content (AvgIpc) is 2.27. The van der Waals surface area contributed by atoms with Gasteiger partial charge in [-0.2, -0.15) is 0 Å². The van der Waals surface area contributed by atoms with Crippen LogP contribution in [-0.4, -0.2) is 17.9 Å². The van der Waals surface area contributed by atoms with Gasteiger partial charge in [0, 0.05) is 25.1 Å². The fourth-order valence-corrected chi connectivity index (χ4v) is 1.31. The lowest BCUT2D eigenvalue weighted by atomic mass is 10.1. The molecule has 1 aromatic heterocycles. The highest BCUT2D eigenvalue weighted by molar-refractivity contribution is 5.80. The van der Waals surface area contributed by atoms with Crippen LogP contribution in [0.2, 0.25) is 0 Å². The van der Waals surface area contributed by atoms with Gasteiger partial charge in [-0.3, -0.25) is 4.79 Å². The summed E-state index contributed by atoms with van der Waals surface area (Å²) in [5.74, 6) is 0.785. The van der Waals surface area contributed by atoms with Crippen LogP contribution in [0.15, 0.2) is 30.5 Å². The van der Waals surface area contributed by atoms with E-state index in [1.807, 2.05) is 13.0 Å². The fourth-order valence-electron chi connectivity index (χ4n) is 1.31. The molecule has 0 radical (unpaired) electrons. The topological polar surface area (TPSA) is 39.2 Å². The van der Waals surface area contributed by atoms with Crippen molar-refractivity contribution in [1.82, 2.24) is 4.98 Å². The standard InChI is InChI=1S/C13H17NO2/c1-10(2)4-6-12(15)8-11-5-7-13(16-3)14-9-11/h5,7,9H,1,4,6,8H2,2-3H3. The second-order valence-electron chi connectivity index (χ2n) is 3.88. The number of carbonyl (C=O) groups is 1. The Morgan fingerprint density at radius 3 is 2.69 bits per heavy atom. The molecule has 0 bridgehead atoms. The highest BCUT2D eigenvalue weighted by Gasteiger charge is 2.04. The zero-order chi connectivity index (χ0) is 12.0. The number of hydrogen-bond acceptors (Lipinski definition) is 3. The van der Waals surface area contributed by atoms with Gasteiger partial charge in [-0.05, 0) is 18.9 Å². The van der Waals surface area contributed by atoms with Gasteiger partial charge in [0.1, 0.15) is 5.78 Å². The molecule has 1 aromatic rings. The van der Waals surface area contributed by atoms with Gasteiger partial charge in [0.05, 0.1) is 7.11 Å². The minimum Gasteiger partial charge on any atom is -0.481 e. The van der Waals surface area contributed by atoms with Crippen molar-refractivity contribution < 1.29 is 9.53 Å². The molecular weight excluding hydrogens is 202 g/mol. The molecule has 0 amide bonds. The van der Waals surface area contributed by atoms with E-state index in [2.05, 4.69) is 11.6 Å². The predicted octanol–water partition coefficient (Wildman–Crippen LogP) is 2.56. The van der Waals surface area contributed by atoms with Crippen LogP contribution in [0.25, 0.3) is 0 Å². The van der Waals surface area contributed by atoms with E-state index in [1.165, 1.54) is 0 Å². The van der Waals surface area contributed by atoms with Crippen molar-refractivity contribution in [2.24, 2.45) is 0 Å². The molecule has 86 valence electrons. The summed E-state index contributed by atoms with van der Waals surface area (Å²) in [4.78, 5) is 15.6. The summed E-state index contributed by atoms with van der Waals surface area (Å²) in [5, 5.41) is 0. The molecule has 0 atom stereocenters. The molecule has 0 N–H and O–H groups in total. The van der Waals surface area contributed by atoms with Crippen LogP contribution in [0.4, 0.5) is 0 Å². The van der Waals surface area contributed by atoms with Crippen LogP contribution in [-0.2, 0) is 11.2 Å². The number of Topliss-reactive ketones (excluding diaryl/α,β-unsaturated/α-hetero) is 1. The number of ketones is 1. The van der Waals surface area contributed by atoms with Gasteiger partial charge in [-0.25, -0.2) is 4.98 Å². The molecule has 16 heavy (non-hydrogen) atoms. The van der Waals surface area contributed by atoms with Crippen molar-refractivity contribution in [3.05, 3.63) is 36.0 Å². The summed E-state index contributed by atoms with van der Waals surface area (Å²) in [6, 6.07) is 3.63. The number of allylic oxidation sites excluding steroid dienone is 1. The Morgan fingerprint density at radius 1 is 1.44 bits per heavy atom. The highest BCUT2D eigenvalue weighted by Crippen LogP contribution is 2.09. The van der Waals surface area contributed by atoms with Gasteiger partial charge in [0.25, 0.3) is 0 Å². The van der Waals surface area contributed by atoms with Crippen molar-refractivity contribution >= 4 is 5.78 Å². The second kappa shape index (κ2) is 6.05. The average molecular weight is 219 g/mol. The maximum Gasteiger partial charge on any atom is 0.212 e. The molecule has 0 aliphatic rings. The molecule has 1 heterocycles. The lowest BCUT2D eigenvalue weighted by Crippen LogP contribution is -2.03. The predicted molar refractivity (Wildman–Crippen MR) is 63.5 cm³/mol. The lowest BCUT2D eigenvalue weighted by Gasteiger charge is -2.02. The third kappa shape index (κ3) is 4.26. The fraction of sp³-hybridized carbons (Fsp3) is 0.385.